The van der Waals surface area contributed by atoms with E-state index in [0.717, 1.165) is 15.4 Å². The van der Waals surface area contributed by atoms with Gasteiger partial charge in [-0.25, -0.2) is 8.42 Å². The van der Waals surface area contributed by atoms with E-state index in [1.54, 1.807) is 18.2 Å². The Morgan fingerprint density at radius 3 is 2.27 bits per heavy atom. The fourth-order valence-electron chi connectivity index (χ4n) is 3.02. The predicted octanol–water partition coefficient (Wildman–Crippen LogP) is 4.38. The van der Waals surface area contributed by atoms with Crippen LogP contribution in [-0.4, -0.2) is 35.3 Å². The molecule has 2 aromatic carbocycles. The van der Waals surface area contributed by atoms with Crippen LogP contribution in [-0.2, 0) is 16.2 Å². The summed E-state index contributed by atoms with van der Waals surface area (Å²) in [5, 5.41) is 10.3. The molecule has 12 heteroatoms. The molecule has 0 N–H and O–H groups in total. The molecular weight excluding hydrogens is 459 g/mol. The van der Waals surface area contributed by atoms with Gasteiger partial charge in [0.2, 0.25) is 5.88 Å². The average molecular weight is 477 g/mol. The Morgan fingerprint density at radius 1 is 0.939 bits per heavy atom. The molecule has 172 valence electrons. The molecule has 0 bridgehead atoms. The predicted molar refractivity (Wildman–Crippen MR) is 114 cm³/mol. The first-order chi connectivity index (χ1) is 15.5. The summed E-state index contributed by atoms with van der Waals surface area (Å²) in [7, 11) is -2.35. The number of hydrogen-bond donors (Lipinski definition) is 0. The highest BCUT2D eigenvalue weighted by molar-refractivity contribution is 7.92. The van der Waals surface area contributed by atoms with Crippen molar-refractivity contribution >= 4 is 21.4 Å². The SMILES string of the molecule is Cc1ccc(S(=O)(=O)N(C)c2ccc(Oc3ccc4nnc(C(F)(F)F)n4n3)cc2)cc1C. The molecule has 0 amide bonds. The third-order valence-electron chi connectivity index (χ3n) is 5.05. The Morgan fingerprint density at radius 2 is 1.64 bits per heavy atom. The van der Waals surface area contributed by atoms with Gasteiger partial charge < -0.3 is 4.74 Å². The van der Waals surface area contributed by atoms with Gasteiger partial charge in [0.15, 0.2) is 5.65 Å². The zero-order chi connectivity index (χ0) is 24.0. The van der Waals surface area contributed by atoms with Crippen molar-refractivity contribution in [3.63, 3.8) is 0 Å². The van der Waals surface area contributed by atoms with E-state index >= 15 is 0 Å². The first-order valence-electron chi connectivity index (χ1n) is 9.60. The fourth-order valence-corrected chi connectivity index (χ4v) is 4.30. The third kappa shape index (κ3) is 4.33. The van der Waals surface area contributed by atoms with Crippen LogP contribution in [0.2, 0.25) is 0 Å². The molecule has 0 saturated heterocycles. The van der Waals surface area contributed by atoms with Gasteiger partial charge in [0, 0.05) is 13.1 Å². The number of halogens is 3. The number of hydrogen-bond acceptors (Lipinski definition) is 6. The lowest BCUT2D eigenvalue weighted by atomic mass is 10.1. The Labute approximate surface area is 187 Å². The Hall–Kier alpha value is -3.67. The summed E-state index contributed by atoms with van der Waals surface area (Å²) < 4.78 is 72.2. The Bertz CT molecular complexity index is 1430. The highest BCUT2D eigenvalue weighted by Crippen LogP contribution is 2.29. The van der Waals surface area contributed by atoms with Crippen molar-refractivity contribution in [2.75, 3.05) is 11.4 Å². The molecule has 0 aliphatic heterocycles. The van der Waals surface area contributed by atoms with E-state index in [1.165, 1.54) is 43.4 Å². The van der Waals surface area contributed by atoms with E-state index in [1.807, 2.05) is 13.8 Å². The van der Waals surface area contributed by atoms with Crippen LogP contribution in [0.5, 0.6) is 11.6 Å². The molecule has 0 saturated carbocycles. The summed E-state index contributed by atoms with van der Waals surface area (Å²) in [5.74, 6) is -1.13. The third-order valence-corrected chi connectivity index (χ3v) is 6.83. The standard InChI is InChI=1S/C21H18F3N5O3S/c1-13-4-9-17(12-14(13)2)33(30,31)28(3)15-5-7-16(8-6-15)32-19-11-10-18-25-26-20(21(22,23)24)29(18)27-19/h4-12H,1-3H3. The van der Waals surface area contributed by atoms with E-state index in [9.17, 15) is 21.6 Å². The summed E-state index contributed by atoms with van der Waals surface area (Å²) >= 11 is 0. The number of alkyl halides is 3. The molecule has 2 aromatic heterocycles. The van der Waals surface area contributed by atoms with E-state index in [4.69, 9.17) is 4.74 Å². The molecule has 0 spiro atoms. The lowest BCUT2D eigenvalue weighted by Crippen LogP contribution is -2.26. The number of nitrogens with zero attached hydrogens (tertiary/aromatic N) is 5. The summed E-state index contributed by atoms with van der Waals surface area (Å²) in [6, 6.07) is 13.6. The minimum Gasteiger partial charge on any atom is -0.438 e. The van der Waals surface area contributed by atoms with Gasteiger partial charge in [0.25, 0.3) is 15.8 Å². The quantitative estimate of drug-likeness (QED) is 0.424. The second-order valence-corrected chi connectivity index (χ2v) is 9.25. The van der Waals surface area contributed by atoms with E-state index < -0.39 is 22.0 Å². The van der Waals surface area contributed by atoms with Crippen LogP contribution in [0.4, 0.5) is 18.9 Å². The van der Waals surface area contributed by atoms with Gasteiger partial charge in [0.1, 0.15) is 5.75 Å². The fraction of sp³-hybridized carbons (Fsp3) is 0.190. The molecule has 0 fully saturated rings. The molecule has 8 nitrogen and oxygen atoms in total. The number of rotatable bonds is 5. The van der Waals surface area contributed by atoms with Gasteiger partial charge in [0.05, 0.1) is 10.6 Å². The van der Waals surface area contributed by atoms with Crippen molar-refractivity contribution in [3.05, 3.63) is 71.5 Å². The molecule has 0 aliphatic rings. The van der Waals surface area contributed by atoms with Crippen molar-refractivity contribution < 1.29 is 26.3 Å². The maximum atomic E-state index is 13.0. The summed E-state index contributed by atoms with van der Waals surface area (Å²) in [5.41, 5.74) is 2.14. The molecule has 2 heterocycles. The van der Waals surface area contributed by atoms with Crippen molar-refractivity contribution in [3.8, 4) is 11.6 Å². The maximum Gasteiger partial charge on any atom is 0.453 e. The maximum absolute atomic E-state index is 13.0. The van der Waals surface area contributed by atoms with Crippen LogP contribution < -0.4 is 9.04 Å². The van der Waals surface area contributed by atoms with Gasteiger partial charge in [-0.1, -0.05) is 6.07 Å². The zero-order valence-electron chi connectivity index (χ0n) is 17.7. The first kappa shape index (κ1) is 22.5. The number of fused-ring (bicyclic) bond motifs is 1. The lowest BCUT2D eigenvalue weighted by Gasteiger charge is -2.20. The molecule has 0 radical (unpaired) electrons. The van der Waals surface area contributed by atoms with Gasteiger partial charge in [-0.3, -0.25) is 4.31 Å². The van der Waals surface area contributed by atoms with Gasteiger partial charge in [-0.2, -0.15) is 17.7 Å². The second kappa shape index (κ2) is 8.03. The van der Waals surface area contributed by atoms with Crippen molar-refractivity contribution in [2.24, 2.45) is 0 Å². The summed E-state index contributed by atoms with van der Waals surface area (Å²) in [6.45, 7) is 3.73. The number of ether oxygens (including phenoxy) is 1. The smallest absolute Gasteiger partial charge is 0.438 e. The number of anilines is 1. The zero-order valence-corrected chi connectivity index (χ0v) is 18.5. The monoisotopic (exact) mass is 477 g/mol. The van der Waals surface area contributed by atoms with Crippen LogP contribution in [0, 0.1) is 13.8 Å². The van der Waals surface area contributed by atoms with E-state index in [-0.39, 0.29) is 22.2 Å². The van der Waals surface area contributed by atoms with Crippen molar-refractivity contribution in [2.45, 2.75) is 24.9 Å². The summed E-state index contributed by atoms with van der Waals surface area (Å²) in [6.07, 6.45) is -4.72. The van der Waals surface area contributed by atoms with Gasteiger partial charge >= 0.3 is 6.18 Å². The van der Waals surface area contributed by atoms with Crippen molar-refractivity contribution in [1.29, 1.82) is 0 Å². The number of benzene rings is 2. The molecule has 4 aromatic rings. The van der Waals surface area contributed by atoms with Crippen LogP contribution in [0.25, 0.3) is 5.65 Å². The van der Waals surface area contributed by atoms with Crippen LogP contribution >= 0.6 is 0 Å². The van der Waals surface area contributed by atoms with Gasteiger partial charge in [-0.05, 0) is 67.4 Å². The minimum atomic E-state index is -4.72. The first-order valence-corrected chi connectivity index (χ1v) is 11.0. The normalized spacial score (nSPS) is 12.2. The molecule has 33 heavy (non-hydrogen) atoms. The topological polar surface area (TPSA) is 89.7 Å². The number of sulfonamides is 1. The summed E-state index contributed by atoms with van der Waals surface area (Å²) in [4.78, 5) is 0.167. The minimum absolute atomic E-state index is 0.0804. The van der Waals surface area contributed by atoms with Crippen LogP contribution in [0.3, 0.4) is 0 Å². The van der Waals surface area contributed by atoms with E-state index in [0.29, 0.717) is 10.2 Å². The van der Waals surface area contributed by atoms with Crippen LogP contribution in [0.1, 0.15) is 17.0 Å². The molecule has 0 atom stereocenters. The highest BCUT2D eigenvalue weighted by Gasteiger charge is 2.37. The second-order valence-electron chi connectivity index (χ2n) is 7.28. The Kier molecular flexibility index (Phi) is 5.48. The largest absolute Gasteiger partial charge is 0.453 e. The molecule has 0 unspecified atom stereocenters. The average Bonchev–Trinajstić information content (AvgIpc) is 3.19. The molecule has 0 aliphatic carbocycles. The van der Waals surface area contributed by atoms with E-state index in [2.05, 4.69) is 15.3 Å². The molecular formula is C21H18F3N5O3S. The lowest BCUT2D eigenvalue weighted by molar-refractivity contribution is -0.146. The molecule has 4 rings (SSSR count). The van der Waals surface area contributed by atoms with Crippen LogP contribution in [0.15, 0.2) is 59.5 Å². The Balaban J connectivity index is 1.56. The van der Waals surface area contributed by atoms with Gasteiger partial charge in [-0.15, -0.1) is 15.3 Å². The van der Waals surface area contributed by atoms with Crippen molar-refractivity contribution in [1.82, 2.24) is 19.8 Å². The highest BCUT2D eigenvalue weighted by atomic mass is 32.2. The number of aromatic nitrogens is 4. The number of aryl methyl sites for hydroxylation is 2.